The molecule has 0 saturated carbocycles. The summed E-state index contributed by atoms with van der Waals surface area (Å²) in [6.07, 6.45) is -2.27. The van der Waals surface area contributed by atoms with Crippen molar-refractivity contribution in [2.45, 2.75) is 50.4 Å². The third-order valence-electron chi connectivity index (χ3n) is 4.55. The minimum absolute atomic E-state index is 0.0448. The molecule has 5 atom stereocenters. The van der Waals surface area contributed by atoms with E-state index in [0.29, 0.717) is 39.6 Å². The molecule has 0 aromatic heterocycles. The Labute approximate surface area is 165 Å². The Morgan fingerprint density at radius 2 is 1.61 bits per heavy atom. The van der Waals surface area contributed by atoms with Crippen LogP contribution in [-0.4, -0.2) is 106 Å². The first-order chi connectivity index (χ1) is 13.5. The van der Waals surface area contributed by atoms with Gasteiger partial charge in [-0.25, -0.2) is 0 Å². The highest BCUT2D eigenvalue weighted by molar-refractivity contribution is 5.73. The number of carbonyl (C=O) groups is 1. The number of fused-ring (bicyclic) bond motifs is 2. The van der Waals surface area contributed by atoms with Crippen LogP contribution in [0.5, 0.6) is 0 Å². The van der Waals surface area contributed by atoms with E-state index in [-0.39, 0.29) is 19.1 Å². The zero-order chi connectivity index (χ0) is 20.4. The zero-order valence-corrected chi connectivity index (χ0v) is 16.6. The van der Waals surface area contributed by atoms with Crippen molar-refractivity contribution in [3.05, 3.63) is 0 Å². The van der Waals surface area contributed by atoms with Crippen molar-refractivity contribution in [3.8, 4) is 0 Å². The standard InChI is InChI=1S/C18H33NO9/c1-3-4-23-5-6-24-7-8-25-9-10-26-11-18-12-27-17(28-18)14(19-13(2)20)15(21)16(18)22/h14-17,21-22H,3-12H2,1-2H3,(H,19,20)/t14-,15-,16-,17+,18+/m1/s1. The fourth-order valence-corrected chi connectivity index (χ4v) is 3.12. The van der Waals surface area contributed by atoms with Crippen molar-refractivity contribution in [3.63, 3.8) is 0 Å². The number of hydrogen-bond acceptors (Lipinski definition) is 9. The predicted octanol–water partition coefficient (Wildman–Crippen LogP) is -1.19. The lowest BCUT2D eigenvalue weighted by Crippen LogP contribution is -2.66. The molecule has 2 rings (SSSR count). The molecule has 10 heteroatoms. The summed E-state index contributed by atoms with van der Waals surface area (Å²) in [6, 6.07) is -0.821. The fourth-order valence-electron chi connectivity index (χ4n) is 3.12. The molecule has 2 heterocycles. The van der Waals surface area contributed by atoms with Gasteiger partial charge in [-0.05, 0) is 6.42 Å². The van der Waals surface area contributed by atoms with Crippen LogP contribution in [0.25, 0.3) is 0 Å². The maximum absolute atomic E-state index is 11.2. The Bertz CT molecular complexity index is 466. The van der Waals surface area contributed by atoms with E-state index in [1.54, 1.807) is 0 Å². The van der Waals surface area contributed by atoms with Crippen LogP contribution < -0.4 is 5.32 Å². The first kappa shape index (κ1) is 23.4. The topological polar surface area (TPSA) is 125 Å². The molecule has 1 amide bonds. The fraction of sp³-hybridized carbons (Fsp3) is 0.944. The molecule has 0 aromatic rings. The van der Waals surface area contributed by atoms with Crippen LogP contribution in [0, 0.1) is 0 Å². The van der Waals surface area contributed by atoms with E-state index in [0.717, 1.165) is 13.0 Å². The Morgan fingerprint density at radius 1 is 1.04 bits per heavy atom. The third kappa shape index (κ3) is 6.60. The largest absolute Gasteiger partial charge is 0.388 e. The van der Waals surface area contributed by atoms with Gasteiger partial charge in [-0.15, -0.1) is 0 Å². The van der Waals surface area contributed by atoms with Crippen LogP contribution >= 0.6 is 0 Å². The number of rotatable bonds is 14. The second-order valence-electron chi connectivity index (χ2n) is 6.91. The number of nitrogens with one attached hydrogen (secondary N) is 1. The molecule has 0 aromatic carbocycles. The molecular formula is C18H33NO9. The predicted molar refractivity (Wildman–Crippen MR) is 96.7 cm³/mol. The summed E-state index contributed by atoms with van der Waals surface area (Å²) in [5.41, 5.74) is -1.15. The van der Waals surface area contributed by atoms with Gasteiger partial charge < -0.3 is 44.0 Å². The van der Waals surface area contributed by atoms with Crippen molar-refractivity contribution >= 4 is 5.91 Å². The van der Waals surface area contributed by atoms with Crippen molar-refractivity contribution in [2.24, 2.45) is 0 Å². The smallest absolute Gasteiger partial charge is 0.217 e. The quantitative estimate of drug-likeness (QED) is 0.305. The van der Waals surface area contributed by atoms with Crippen LogP contribution in [0.15, 0.2) is 0 Å². The Kier molecular flexibility index (Phi) is 10.0. The van der Waals surface area contributed by atoms with E-state index in [1.807, 2.05) is 0 Å². The molecule has 0 aliphatic carbocycles. The van der Waals surface area contributed by atoms with Crippen molar-refractivity contribution < 1.29 is 43.4 Å². The van der Waals surface area contributed by atoms with Crippen molar-refractivity contribution in [1.29, 1.82) is 0 Å². The molecule has 2 aliphatic rings. The normalized spacial score (nSPS) is 31.9. The van der Waals surface area contributed by atoms with Gasteiger partial charge in [0.15, 0.2) is 6.29 Å². The summed E-state index contributed by atoms with van der Waals surface area (Å²) in [6.45, 7) is 6.95. The lowest BCUT2D eigenvalue weighted by atomic mass is 9.88. The third-order valence-corrected chi connectivity index (χ3v) is 4.55. The van der Waals surface area contributed by atoms with Crippen molar-refractivity contribution in [2.75, 3.05) is 59.5 Å². The van der Waals surface area contributed by atoms with Gasteiger partial charge >= 0.3 is 0 Å². The van der Waals surface area contributed by atoms with E-state index in [4.69, 9.17) is 28.4 Å². The first-order valence-corrected chi connectivity index (χ1v) is 9.74. The van der Waals surface area contributed by atoms with Crippen LogP contribution in [0.3, 0.4) is 0 Å². The highest BCUT2D eigenvalue weighted by atomic mass is 16.8. The molecule has 0 unspecified atom stereocenters. The number of hydrogen-bond donors (Lipinski definition) is 3. The summed E-state index contributed by atoms with van der Waals surface area (Å²) < 4.78 is 32.9. The number of carbonyl (C=O) groups excluding carboxylic acids is 1. The van der Waals surface area contributed by atoms with Gasteiger partial charge in [-0.2, -0.15) is 0 Å². The second kappa shape index (κ2) is 12.0. The Balaban J connectivity index is 1.56. The molecule has 2 aliphatic heterocycles. The minimum Gasteiger partial charge on any atom is -0.388 e. The summed E-state index contributed by atoms with van der Waals surface area (Å²) >= 11 is 0. The van der Waals surface area contributed by atoms with Crippen molar-refractivity contribution in [1.82, 2.24) is 5.32 Å². The van der Waals surface area contributed by atoms with Gasteiger partial charge in [0.2, 0.25) is 5.91 Å². The highest BCUT2D eigenvalue weighted by Crippen LogP contribution is 2.37. The van der Waals surface area contributed by atoms with E-state index in [1.165, 1.54) is 6.92 Å². The Hall–Kier alpha value is -0.850. The van der Waals surface area contributed by atoms with E-state index in [9.17, 15) is 15.0 Å². The zero-order valence-electron chi connectivity index (χ0n) is 16.6. The number of amides is 1. The molecular weight excluding hydrogens is 374 g/mol. The molecule has 3 N–H and O–H groups in total. The van der Waals surface area contributed by atoms with Gasteiger partial charge in [0, 0.05) is 13.5 Å². The molecule has 2 saturated heterocycles. The maximum atomic E-state index is 11.2. The molecule has 28 heavy (non-hydrogen) atoms. The molecule has 0 spiro atoms. The summed E-state index contributed by atoms with van der Waals surface area (Å²) in [5, 5.41) is 23.3. The lowest BCUT2D eigenvalue weighted by Gasteiger charge is -2.42. The van der Waals surface area contributed by atoms with Gasteiger partial charge in [-0.3, -0.25) is 4.79 Å². The second-order valence-corrected chi connectivity index (χ2v) is 6.91. The number of ether oxygens (including phenoxy) is 6. The average molecular weight is 407 g/mol. The average Bonchev–Trinajstić information content (AvgIpc) is 3.07. The highest BCUT2D eigenvalue weighted by Gasteiger charge is 2.59. The van der Waals surface area contributed by atoms with Gasteiger partial charge in [0.1, 0.15) is 23.9 Å². The van der Waals surface area contributed by atoms with E-state index in [2.05, 4.69) is 12.2 Å². The molecule has 164 valence electrons. The first-order valence-electron chi connectivity index (χ1n) is 9.74. The van der Waals surface area contributed by atoms with Crippen LogP contribution in [0.1, 0.15) is 20.3 Å². The van der Waals surface area contributed by atoms with Gasteiger partial charge in [0.25, 0.3) is 0 Å². The molecule has 0 radical (unpaired) electrons. The number of aliphatic hydroxyl groups excluding tert-OH is 2. The van der Waals surface area contributed by atoms with E-state index < -0.39 is 30.1 Å². The van der Waals surface area contributed by atoms with Crippen LogP contribution in [0.4, 0.5) is 0 Å². The summed E-state index contributed by atoms with van der Waals surface area (Å²) in [7, 11) is 0. The van der Waals surface area contributed by atoms with E-state index >= 15 is 0 Å². The molecule has 10 nitrogen and oxygen atoms in total. The Morgan fingerprint density at radius 3 is 2.18 bits per heavy atom. The number of aliphatic hydroxyl groups is 2. The minimum atomic E-state index is -1.24. The van der Waals surface area contributed by atoms with Crippen LogP contribution in [0.2, 0.25) is 0 Å². The SMILES string of the molecule is CCCOCCOCCOCCOC[C@@]12CO[C@@H](O1)[C@H](NC(C)=O)[C@@H](O)[C@H]2O. The van der Waals surface area contributed by atoms with Gasteiger partial charge in [0.05, 0.1) is 52.9 Å². The monoisotopic (exact) mass is 407 g/mol. The molecule has 2 bridgehead atoms. The maximum Gasteiger partial charge on any atom is 0.217 e. The molecule has 2 fully saturated rings. The summed E-state index contributed by atoms with van der Waals surface area (Å²) in [5.74, 6) is -0.339. The lowest BCUT2D eigenvalue weighted by molar-refractivity contribution is -0.238. The van der Waals surface area contributed by atoms with Crippen LogP contribution in [-0.2, 0) is 33.2 Å². The van der Waals surface area contributed by atoms with Gasteiger partial charge in [-0.1, -0.05) is 6.92 Å². The summed E-state index contributed by atoms with van der Waals surface area (Å²) in [4.78, 5) is 11.2.